The van der Waals surface area contributed by atoms with Crippen molar-refractivity contribution in [3.63, 3.8) is 0 Å². The molecular weight excluding hydrogens is 269 g/mol. The van der Waals surface area contributed by atoms with Crippen LogP contribution in [0.4, 0.5) is 13.2 Å². The minimum absolute atomic E-state index is 0.0181. The summed E-state index contributed by atoms with van der Waals surface area (Å²) in [7, 11) is 0. The van der Waals surface area contributed by atoms with Crippen molar-refractivity contribution in [2.24, 2.45) is 5.92 Å². The first-order valence-corrected chi connectivity index (χ1v) is 6.83. The molecule has 0 radical (unpaired) electrons. The van der Waals surface area contributed by atoms with Gasteiger partial charge in [-0.3, -0.25) is 4.79 Å². The molecule has 1 aromatic rings. The topological polar surface area (TPSA) is 26.3 Å². The molecule has 1 aliphatic carbocycles. The third-order valence-corrected chi connectivity index (χ3v) is 3.66. The van der Waals surface area contributed by atoms with E-state index in [4.69, 9.17) is 0 Å². The number of hydrogen-bond acceptors (Lipinski definition) is 2. The molecular formula is C15H17F3O2. The van der Waals surface area contributed by atoms with Crippen molar-refractivity contribution in [2.75, 3.05) is 0 Å². The Morgan fingerprint density at radius 2 is 1.75 bits per heavy atom. The number of alkyl halides is 3. The summed E-state index contributed by atoms with van der Waals surface area (Å²) in [5.74, 6) is 0.312. The molecule has 1 fully saturated rings. The molecule has 0 N–H and O–H groups in total. The highest BCUT2D eigenvalue weighted by molar-refractivity contribution is 5.96. The number of carbonyl (C=O) groups is 1. The van der Waals surface area contributed by atoms with Gasteiger partial charge in [0.2, 0.25) is 0 Å². The highest BCUT2D eigenvalue weighted by atomic mass is 19.4. The lowest BCUT2D eigenvalue weighted by molar-refractivity contribution is -0.274. The first-order chi connectivity index (χ1) is 9.44. The number of ketones is 1. The van der Waals surface area contributed by atoms with Crippen molar-refractivity contribution in [1.29, 1.82) is 0 Å². The lowest BCUT2D eigenvalue weighted by Crippen LogP contribution is -2.17. The molecule has 0 saturated heterocycles. The maximum Gasteiger partial charge on any atom is 0.573 e. The van der Waals surface area contributed by atoms with E-state index in [-0.39, 0.29) is 11.5 Å². The van der Waals surface area contributed by atoms with Crippen LogP contribution in [0.25, 0.3) is 0 Å². The van der Waals surface area contributed by atoms with E-state index in [1.54, 1.807) is 0 Å². The van der Waals surface area contributed by atoms with Crippen molar-refractivity contribution >= 4 is 5.78 Å². The number of carbonyl (C=O) groups excluding carboxylic acids is 1. The van der Waals surface area contributed by atoms with Gasteiger partial charge in [-0.2, -0.15) is 0 Å². The van der Waals surface area contributed by atoms with Crippen LogP contribution in [0, 0.1) is 5.92 Å². The molecule has 1 aliphatic rings. The van der Waals surface area contributed by atoms with Gasteiger partial charge in [-0.25, -0.2) is 0 Å². The van der Waals surface area contributed by atoms with E-state index in [0.717, 1.165) is 6.42 Å². The lowest BCUT2D eigenvalue weighted by Gasteiger charge is -2.10. The highest BCUT2D eigenvalue weighted by Gasteiger charge is 2.31. The molecule has 5 heteroatoms. The maximum absolute atomic E-state index is 12.0. The van der Waals surface area contributed by atoms with E-state index in [2.05, 4.69) is 4.74 Å². The predicted octanol–water partition coefficient (Wildman–Crippen LogP) is 4.74. The largest absolute Gasteiger partial charge is 0.573 e. The Labute approximate surface area is 115 Å². The summed E-state index contributed by atoms with van der Waals surface area (Å²) in [6.07, 6.45) is 1.49. The standard InChI is InChI=1S/C15H17F3O2/c16-15(17,18)20-13-8-6-12(7-9-13)14(19)10-5-11-3-1-2-4-11/h6-9,11H,1-5,10H2. The van der Waals surface area contributed by atoms with Crippen LogP contribution in [-0.4, -0.2) is 12.1 Å². The molecule has 20 heavy (non-hydrogen) atoms. The van der Waals surface area contributed by atoms with Crippen molar-refractivity contribution in [2.45, 2.75) is 44.9 Å². The van der Waals surface area contributed by atoms with Gasteiger partial charge in [-0.1, -0.05) is 25.7 Å². The zero-order valence-electron chi connectivity index (χ0n) is 11.1. The summed E-state index contributed by atoms with van der Waals surface area (Å²) in [4.78, 5) is 11.9. The van der Waals surface area contributed by atoms with Gasteiger partial charge in [0.1, 0.15) is 5.75 Å². The van der Waals surface area contributed by atoms with Gasteiger partial charge in [0.05, 0.1) is 0 Å². The molecule has 0 atom stereocenters. The summed E-state index contributed by atoms with van der Waals surface area (Å²) in [5, 5.41) is 0. The maximum atomic E-state index is 12.0. The zero-order valence-corrected chi connectivity index (χ0v) is 11.1. The van der Waals surface area contributed by atoms with E-state index >= 15 is 0 Å². The molecule has 1 saturated carbocycles. The summed E-state index contributed by atoms with van der Waals surface area (Å²) >= 11 is 0. The smallest absolute Gasteiger partial charge is 0.406 e. The predicted molar refractivity (Wildman–Crippen MR) is 68.6 cm³/mol. The molecule has 0 unspecified atom stereocenters. The second kappa shape index (κ2) is 6.29. The minimum Gasteiger partial charge on any atom is -0.406 e. The monoisotopic (exact) mass is 286 g/mol. The Morgan fingerprint density at radius 1 is 1.15 bits per heavy atom. The fourth-order valence-electron chi connectivity index (χ4n) is 2.62. The summed E-state index contributed by atoms with van der Waals surface area (Å²) in [6, 6.07) is 5.13. The third kappa shape index (κ3) is 4.54. The van der Waals surface area contributed by atoms with Gasteiger partial charge in [-0.05, 0) is 36.6 Å². The Kier molecular flexibility index (Phi) is 4.68. The Balaban J connectivity index is 1.86. The molecule has 2 rings (SSSR count). The van der Waals surface area contributed by atoms with Crippen LogP contribution in [-0.2, 0) is 0 Å². The molecule has 0 bridgehead atoms. The molecule has 1 aromatic carbocycles. The van der Waals surface area contributed by atoms with E-state index in [1.165, 1.54) is 49.9 Å². The number of hydrogen-bond donors (Lipinski definition) is 0. The Morgan fingerprint density at radius 3 is 2.30 bits per heavy atom. The Hall–Kier alpha value is -1.52. The van der Waals surface area contributed by atoms with Gasteiger partial charge in [0.25, 0.3) is 0 Å². The summed E-state index contributed by atoms with van der Waals surface area (Å²) in [5.41, 5.74) is 0.442. The van der Waals surface area contributed by atoms with Gasteiger partial charge < -0.3 is 4.74 Å². The molecule has 0 spiro atoms. The fourth-order valence-corrected chi connectivity index (χ4v) is 2.62. The first-order valence-electron chi connectivity index (χ1n) is 6.83. The van der Waals surface area contributed by atoms with Crippen LogP contribution < -0.4 is 4.74 Å². The van der Waals surface area contributed by atoms with Crippen molar-refractivity contribution in [3.8, 4) is 5.75 Å². The number of halogens is 3. The highest BCUT2D eigenvalue weighted by Crippen LogP contribution is 2.29. The second-order valence-corrected chi connectivity index (χ2v) is 5.18. The van der Waals surface area contributed by atoms with E-state index < -0.39 is 6.36 Å². The normalized spacial score (nSPS) is 16.4. The summed E-state index contributed by atoms with van der Waals surface area (Å²) in [6.45, 7) is 0. The van der Waals surface area contributed by atoms with Crippen molar-refractivity contribution in [1.82, 2.24) is 0 Å². The van der Waals surface area contributed by atoms with Gasteiger partial charge in [0.15, 0.2) is 5.78 Å². The number of benzene rings is 1. The van der Waals surface area contributed by atoms with Crippen molar-refractivity contribution in [3.05, 3.63) is 29.8 Å². The van der Waals surface area contributed by atoms with E-state index in [0.29, 0.717) is 17.9 Å². The lowest BCUT2D eigenvalue weighted by atomic mass is 9.97. The van der Waals surface area contributed by atoms with Crippen LogP contribution in [0.1, 0.15) is 48.9 Å². The number of rotatable bonds is 5. The fraction of sp³-hybridized carbons (Fsp3) is 0.533. The molecule has 0 aromatic heterocycles. The number of Topliss-reactive ketones (excluding diaryl/α,β-unsaturated/α-hetero) is 1. The average molecular weight is 286 g/mol. The molecule has 2 nitrogen and oxygen atoms in total. The van der Waals surface area contributed by atoms with Crippen molar-refractivity contribution < 1.29 is 22.7 Å². The molecule has 0 aliphatic heterocycles. The van der Waals surface area contributed by atoms with Gasteiger partial charge in [-0.15, -0.1) is 13.2 Å². The molecule has 110 valence electrons. The molecule has 0 heterocycles. The van der Waals surface area contributed by atoms with Crippen LogP contribution in [0.15, 0.2) is 24.3 Å². The van der Waals surface area contributed by atoms with Gasteiger partial charge >= 0.3 is 6.36 Å². The summed E-state index contributed by atoms with van der Waals surface area (Å²) < 4.78 is 39.8. The third-order valence-electron chi connectivity index (χ3n) is 3.66. The quantitative estimate of drug-likeness (QED) is 0.731. The van der Waals surface area contributed by atoms with Crippen LogP contribution >= 0.6 is 0 Å². The zero-order chi connectivity index (χ0) is 14.6. The Bertz CT molecular complexity index is 445. The second-order valence-electron chi connectivity index (χ2n) is 5.18. The van der Waals surface area contributed by atoms with Gasteiger partial charge in [0, 0.05) is 12.0 Å². The molecule has 0 amide bonds. The van der Waals surface area contributed by atoms with E-state index in [9.17, 15) is 18.0 Å². The first kappa shape index (κ1) is 14.9. The number of ether oxygens (including phenoxy) is 1. The average Bonchev–Trinajstić information content (AvgIpc) is 2.88. The minimum atomic E-state index is -4.70. The van der Waals surface area contributed by atoms with Crippen LogP contribution in [0.5, 0.6) is 5.75 Å². The van der Waals surface area contributed by atoms with Crippen LogP contribution in [0.3, 0.4) is 0 Å². The van der Waals surface area contributed by atoms with E-state index in [1.807, 2.05) is 0 Å². The van der Waals surface area contributed by atoms with Crippen LogP contribution in [0.2, 0.25) is 0 Å². The SMILES string of the molecule is O=C(CCC1CCCC1)c1ccc(OC(F)(F)F)cc1.